The normalized spacial score (nSPS) is 16.5. The van der Waals surface area contributed by atoms with Crippen LogP contribution in [-0.2, 0) is 11.3 Å². The number of pyridine rings is 1. The summed E-state index contributed by atoms with van der Waals surface area (Å²) in [5.74, 6) is 1.52. The zero-order valence-corrected chi connectivity index (χ0v) is 16.5. The van der Waals surface area contributed by atoms with Gasteiger partial charge in [0.2, 0.25) is 5.88 Å². The molecule has 6 heteroatoms. The Morgan fingerprint density at radius 1 is 1.27 bits per heavy atom. The molecule has 0 aliphatic heterocycles. The van der Waals surface area contributed by atoms with Gasteiger partial charge in [0.1, 0.15) is 0 Å². The third-order valence-electron chi connectivity index (χ3n) is 5.09. The van der Waals surface area contributed by atoms with Gasteiger partial charge >= 0.3 is 0 Å². The summed E-state index contributed by atoms with van der Waals surface area (Å²) < 4.78 is 11.0. The molecule has 0 bridgehead atoms. The highest BCUT2D eigenvalue weighted by molar-refractivity contribution is 5.79. The largest absolute Gasteiger partial charge is 0.477 e. The molecule has 146 valence electrons. The number of hydrogen-bond donors (Lipinski definition) is 2. The van der Waals surface area contributed by atoms with Gasteiger partial charge < -0.3 is 20.1 Å². The van der Waals surface area contributed by atoms with Gasteiger partial charge in [0.25, 0.3) is 0 Å². The smallest absolute Gasteiger partial charge is 0.218 e. The molecule has 2 rings (SSSR count). The highest BCUT2D eigenvalue weighted by Crippen LogP contribution is 2.40. The lowest BCUT2D eigenvalue weighted by Crippen LogP contribution is -2.43. The molecule has 2 N–H and O–H groups in total. The lowest BCUT2D eigenvalue weighted by Gasteiger charge is -2.30. The number of nitrogens with zero attached hydrogens (tertiary/aromatic N) is 2. The van der Waals surface area contributed by atoms with Crippen molar-refractivity contribution >= 4 is 5.96 Å². The van der Waals surface area contributed by atoms with E-state index in [0.717, 1.165) is 37.5 Å². The quantitative estimate of drug-likeness (QED) is 0.494. The van der Waals surface area contributed by atoms with Crippen LogP contribution in [0.5, 0.6) is 5.88 Å². The maximum Gasteiger partial charge on any atom is 0.218 e. The minimum absolute atomic E-state index is 0.331. The van der Waals surface area contributed by atoms with E-state index in [1.165, 1.54) is 25.7 Å². The molecule has 1 aliphatic carbocycles. The first kappa shape index (κ1) is 20.5. The van der Waals surface area contributed by atoms with Crippen LogP contribution in [0.3, 0.4) is 0 Å². The second kappa shape index (κ2) is 11.0. The van der Waals surface area contributed by atoms with Gasteiger partial charge in [0.05, 0.1) is 6.61 Å². The van der Waals surface area contributed by atoms with Crippen LogP contribution >= 0.6 is 0 Å². The van der Waals surface area contributed by atoms with Gasteiger partial charge in [0.15, 0.2) is 5.96 Å². The number of aliphatic imine (C=N–C) groups is 1. The van der Waals surface area contributed by atoms with Crippen molar-refractivity contribution in [2.75, 3.05) is 33.9 Å². The van der Waals surface area contributed by atoms with Crippen LogP contribution in [0, 0.1) is 5.41 Å². The van der Waals surface area contributed by atoms with Crippen molar-refractivity contribution in [1.29, 1.82) is 0 Å². The third kappa shape index (κ3) is 6.16. The molecule has 0 amide bonds. The third-order valence-corrected chi connectivity index (χ3v) is 5.09. The summed E-state index contributed by atoms with van der Waals surface area (Å²) >= 11 is 0. The summed E-state index contributed by atoms with van der Waals surface area (Å²) in [5, 5.41) is 6.90. The van der Waals surface area contributed by atoms with Gasteiger partial charge in [0, 0.05) is 45.6 Å². The average molecular weight is 363 g/mol. The Labute approximate surface area is 157 Å². The Morgan fingerprint density at radius 2 is 2.08 bits per heavy atom. The van der Waals surface area contributed by atoms with E-state index in [4.69, 9.17) is 9.47 Å². The number of guanidine groups is 1. The number of rotatable bonds is 10. The summed E-state index contributed by atoms with van der Waals surface area (Å²) in [6.07, 6.45) is 8.98. The number of ether oxygens (including phenoxy) is 2. The van der Waals surface area contributed by atoms with Crippen LogP contribution in [0.1, 0.15) is 51.0 Å². The highest BCUT2D eigenvalue weighted by Gasteiger charge is 2.33. The van der Waals surface area contributed by atoms with E-state index in [9.17, 15) is 0 Å². The van der Waals surface area contributed by atoms with Crippen molar-refractivity contribution < 1.29 is 9.47 Å². The van der Waals surface area contributed by atoms with Crippen molar-refractivity contribution in [2.24, 2.45) is 10.4 Å². The summed E-state index contributed by atoms with van der Waals surface area (Å²) in [5.41, 5.74) is 1.37. The first-order valence-electron chi connectivity index (χ1n) is 9.73. The van der Waals surface area contributed by atoms with Crippen molar-refractivity contribution in [3.8, 4) is 5.88 Å². The van der Waals surface area contributed by atoms with Crippen molar-refractivity contribution in [1.82, 2.24) is 15.6 Å². The van der Waals surface area contributed by atoms with Crippen LogP contribution in [0.25, 0.3) is 0 Å². The Kier molecular flexibility index (Phi) is 8.68. The first-order valence-corrected chi connectivity index (χ1v) is 9.73. The van der Waals surface area contributed by atoms with Crippen LogP contribution in [0.15, 0.2) is 23.3 Å². The van der Waals surface area contributed by atoms with E-state index in [1.54, 1.807) is 13.3 Å². The van der Waals surface area contributed by atoms with Gasteiger partial charge in [-0.2, -0.15) is 0 Å². The number of hydrogen-bond acceptors (Lipinski definition) is 4. The molecule has 0 atom stereocenters. The number of nitrogens with one attached hydrogen (secondary N) is 2. The minimum Gasteiger partial charge on any atom is -0.477 e. The predicted molar refractivity (Wildman–Crippen MR) is 106 cm³/mol. The summed E-state index contributed by atoms with van der Waals surface area (Å²) in [7, 11) is 3.59. The standard InChI is InChI=1S/C20H34N4O2/c1-4-13-26-18-17(8-7-12-22-18)15-23-19(21-2)24-16-20(11-14-25-3)9-5-6-10-20/h7-8,12H,4-6,9-11,13-16H2,1-3H3,(H2,21,23,24). The maximum absolute atomic E-state index is 5.73. The molecule has 0 unspecified atom stereocenters. The van der Waals surface area contributed by atoms with Crippen molar-refractivity contribution in [3.05, 3.63) is 23.9 Å². The molecule has 1 heterocycles. The SMILES string of the molecule is CCCOc1ncccc1CNC(=NC)NCC1(CCOC)CCCC1. The Morgan fingerprint density at radius 3 is 2.77 bits per heavy atom. The highest BCUT2D eigenvalue weighted by atomic mass is 16.5. The molecule has 1 fully saturated rings. The molecule has 0 spiro atoms. The lowest BCUT2D eigenvalue weighted by atomic mass is 9.83. The second-order valence-electron chi connectivity index (χ2n) is 7.05. The zero-order chi connectivity index (χ0) is 18.7. The van der Waals surface area contributed by atoms with Crippen molar-refractivity contribution in [3.63, 3.8) is 0 Å². The average Bonchev–Trinajstić information content (AvgIpc) is 3.14. The molecule has 0 aromatic carbocycles. The van der Waals surface area contributed by atoms with Crippen LogP contribution in [0.4, 0.5) is 0 Å². The van der Waals surface area contributed by atoms with Gasteiger partial charge in [-0.25, -0.2) is 4.98 Å². The Bertz CT molecular complexity index is 556. The summed E-state index contributed by atoms with van der Waals surface area (Å²) in [6.45, 7) is 5.16. The fourth-order valence-electron chi connectivity index (χ4n) is 3.52. The van der Waals surface area contributed by atoms with Crippen LogP contribution < -0.4 is 15.4 Å². The molecule has 1 aromatic heterocycles. The fraction of sp³-hybridized carbons (Fsp3) is 0.700. The number of aromatic nitrogens is 1. The summed E-state index contributed by atoms with van der Waals surface area (Å²) in [4.78, 5) is 8.71. The molecule has 1 saturated carbocycles. The van der Waals surface area contributed by atoms with E-state index < -0.39 is 0 Å². The van der Waals surface area contributed by atoms with E-state index >= 15 is 0 Å². The number of methoxy groups -OCH3 is 1. The monoisotopic (exact) mass is 362 g/mol. The molecule has 1 aromatic rings. The lowest BCUT2D eigenvalue weighted by molar-refractivity contribution is 0.138. The molecule has 6 nitrogen and oxygen atoms in total. The second-order valence-corrected chi connectivity index (χ2v) is 7.05. The molecule has 0 saturated heterocycles. The minimum atomic E-state index is 0.331. The molecule has 0 radical (unpaired) electrons. The molecule has 1 aliphatic rings. The maximum atomic E-state index is 5.73. The van der Waals surface area contributed by atoms with Crippen molar-refractivity contribution in [2.45, 2.75) is 52.0 Å². The molecular weight excluding hydrogens is 328 g/mol. The fourth-order valence-corrected chi connectivity index (χ4v) is 3.52. The van der Waals surface area contributed by atoms with E-state index in [2.05, 4.69) is 27.5 Å². The van der Waals surface area contributed by atoms with Gasteiger partial charge in [-0.3, -0.25) is 4.99 Å². The van der Waals surface area contributed by atoms with E-state index in [1.807, 2.05) is 19.2 Å². The van der Waals surface area contributed by atoms with Gasteiger partial charge in [-0.05, 0) is 37.2 Å². The topological polar surface area (TPSA) is 67.8 Å². The summed E-state index contributed by atoms with van der Waals surface area (Å²) in [6, 6.07) is 3.97. The van der Waals surface area contributed by atoms with Gasteiger partial charge in [-0.15, -0.1) is 0 Å². The molecular formula is C20H34N4O2. The van der Waals surface area contributed by atoms with Crippen LogP contribution in [0.2, 0.25) is 0 Å². The van der Waals surface area contributed by atoms with E-state index in [0.29, 0.717) is 24.4 Å². The Balaban J connectivity index is 1.88. The van der Waals surface area contributed by atoms with Crippen LogP contribution in [-0.4, -0.2) is 44.9 Å². The van der Waals surface area contributed by atoms with Gasteiger partial charge in [-0.1, -0.05) is 25.8 Å². The van der Waals surface area contributed by atoms with E-state index in [-0.39, 0.29) is 0 Å². The first-order chi connectivity index (χ1) is 12.7. The zero-order valence-electron chi connectivity index (χ0n) is 16.5. The predicted octanol–water partition coefficient (Wildman–Crippen LogP) is 3.13. The molecule has 26 heavy (non-hydrogen) atoms. The Hall–Kier alpha value is -1.82.